The molecule has 100 valence electrons. The van der Waals surface area contributed by atoms with Crippen LogP contribution in [0.3, 0.4) is 0 Å². The number of alkyl halides is 3. The molecule has 2 nitrogen and oxygen atoms in total. The third kappa shape index (κ3) is 3.85. The van der Waals surface area contributed by atoms with Crippen LogP contribution in [-0.4, -0.2) is 42.8 Å². The Bertz CT molecular complexity index is 247. The summed E-state index contributed by atoms with van der Waals surface area (Å²) < 4.78 is 36.2. The van der Waals surface area contributed by atoms with Crippen molar-refractivity contribution < 1.29 is 13.2 Å². The van der Waals surface area contributed by atoms with E-state index in [-0.39, 0.29) is 12.0 Å². The van der Waals surface area contributed by atoms with Gasteiger partial charge in [-0.2, -0.15) is 13.2 Å². The summed E-state index contributed by atoms with van der Waals surface area (Å²) in [5.74, 6) is 0. The molecule has 0 aromatic carbocycles. The van der Waals surface area contributed by atoms with Crippen molar-refractivity contribution >= 4 is 0 Å². The van der Waals surface area contributed by atoms with Gasteiger partial charge in [0.2, 0.25) is 0 Å². The molecule has 5 heteroatoms. The summed E-state index contributed by atoms with van der Waals surface area (Å²) in [5.41, 5.74) is 0.219. The van der Waals surface area contributed by atoms with E-state index < -0.39 is 12.6 Å². The van der Waals surface area contributed by atoms with Crippen molar-refractivity contribution in [3.63, 3.8) is 0 Å². The van der Waals surface area contributed by atoms with Crippen molar-refractivity contribution in [2.45, 2.75) is 50.2 Å². The number of hydrogen-bond acceptors (Lipinski definition) is 2. The number of hydrogen-bond donors (Lipinski definition) is 1. The molecule has 1 saturated heterocycles. The zero-order valence-corrected chi connectivity index (χ0v) is 10.2. The zero-order chi connectivity index (χ0) is 12.4. The van der Waals surface area contributed by atoms with Gasteiger partial charge in [0.25, 0.3) is 0 Å². The molecule has 0 amide bonds. The molecule has 1 heterocycles. The molecule has 2 rings (SSSR count). The predicted octanol–water partition coefficient (Wildman–Crippen LogP) is 2.55. The average molecular weight is 250 g/mol. The second-order valence-corrected chi connectivity index (χ2v) is 5.41. The van der Waals surface area contributed by atoms with Gasteiger partial charge >= 0.3 is 6.18 Å². The summed E-state index contributed by atoms with van der Waals surface area (Å²) in [6.07, 6.45) is 0.459. The fourth-order valence-electron chi connectivity index (χ4n) is 3.12. The molecule has 0 atom stereocenters. The third-order valence-corrected chi connectivity index (χ3v) is 3.95. The minimum absolute atomic E-state index is 0.219. The molecular weight excluding hydrogens is 229 g/mol. The number of nitrogens with one attached hydrogen (secondary N) is 1. The quantitative estimate of drug-likeness (QED) is 0.828. The van der Waals surface area contributed by atoms with Gasteiger partial charge < -0.3 is 10.2 Å². The van der Waals surface area contributed by atoms with E-state index in [1.165, 1.54) is 25.7 Å². The fourth-order valence-corrected chi connectivity index (χ4v) is 3.12. The Morgan fingerprint density at radius 3 is 2.53 bits per heavy atom. The van der Waals surface area contributed by atoms with E-state index in [0.29, 0.717) is 6.54 Å². The van der Waals surface area contributed by atoms with E-state index in [0.717, 1.165) is 19.6 Å². The van der Waals surface area contributed by atoms with Crippen molar-refractivity contribution in [3.05, 3.63) is 0 Å². The van der Waals surface area contributed by atoms with Crippen LogP contribution in [0.1, 0.15) is 38.5 Å². The first-order valence-corrected chi connectivity index (χ1v) is 6.53. The Labute approximate surface area is 101 Å². The normalized spacial score (nSPS) is 25.6. The molecule has 0 radical (unpaired) electrons. The minimum Gasteiger partial charge on any atom is -0.309 e. The summed E-state index contributed by atoms with van der Waals surface area (Å²) in [5, 5.41) is 3.57. The maximum absolute atomic E-state index is 12.1. The molecule has 1 aliphatic carbocycles. The lowest BCUT2D eigenvalue weighted by Gasteiger charge is -2.41. The van der Waals surface area contributed by atoms with Gasteiger partial charge in [0.05, 0.1) is 0 Å². The molecule has 1 N–H and O–H groups in total. The van der Waals surface area contributed by atoms with Crippen LogP contribution >= 0.6 is 0 Å². The fraction of sp³-hybridized carbons (Fsp3) is 1.00. The summed E-state index contributed by atoms with van der Waals surface area (Å²) in [6.45, 7) is 3.33. The van der Waals surface area contributed by atoms with Crippen molar-refractivity contribution in [1.82, 2.24) is 10.2 Å². The highest BCUT2D eigenvalue weighted by Gasteiger charge is 2.37. The van der Waals surface area contributed by atoms with Gasteiger partial charge in [0.15, 0.2) is 0 Å². The van der Waals surface area contributed by atoms with Crippen LogP contribution in [0.15, 0.2) is 0 Å². The summed E-state index contributed by atoms with van der Waals surface area (Å²) in [7, 11) is 0. The summed E-state index contributed by atoms with van der Waals surface area (Å²) in [6, 6.07) is 0. The average Bonchev–Trinajstić information content (AvgIpc) is 2.64. The first-order chi connectivity index (χ1) is 7.99. The van der Waals surface area contributed by atoms with Gasteiger partial charge in [-0.3, -0.25) is 0 Å². The molecule has 2 fully saturated rings. The number of piperazine rings is 1. The van der Waals surface area contributed by atoms with Crippen LogP contribution in [0.4, 0.5) is 13.2 Å². The van der Waals surface area contributed by atoms with Gasteiger partial charge in [-0.1, -0.05) is 12.8 Å². The maximum atomic E-state index is 12.1. The Balaban J connectivity index is 1.74. The lowest BCUT2D eigenvalue weighted by molar-refractivity contribution is -0.136. The highest BCUT2D eigenvalue weighted by molar-refractivity contribution is 4.98. The van der Waals surface area contributed by atoms with Crippen molar-refractivity contribution in [1.29, 1.82) is 0 Å². The van der Waals surface area contributed by atoms with Crippen LogP contribution in [0, 0.1) is 0 Å². The highest BCUT2D eigenvalue weighted by atomic mass is 19.4. The number of nitrogens with zero attached hydrogens (tertiary/aromatic N) is 1. The minimum atomic E-state index is -4.00. The number of rotatable bonds is 3. The van der Waals surface area contributed by atoms with Crippen LogP contribution in [0.5, 0.6) is 0 Å². The molecule has 2 aliphatic rings. The predicted molar refractivity (Wildman–Crippen MR) is 60.9 cm³/mol. The summed E-state index contributed by atoms with van der Waals surface area (Å²) in [4.78, 5) is 2.20. The molecule has 0 bridgehead atoms. The van der Waals surface area contributed by atoms with Crippen LogP contribution < -0.4 is 5.32 Å². The van der Waals surface area contributed by atoms with E-state index in [4.69, 9.17) is 0 Å². The SMILES string of the molecule is FC(F)(F)CCCN1CCNC2(CCCC2)C1. The van der Waals surface area contributed by atoms with E-state index in [9.17, 15) is 13.2 Å². The van der Waals surface area contributed by atoms with E-state index in [1.807, 2.05) is 0 Å². The first-order valence-electron chi connectivity index (χ1n) is 6.53. The second kappa shape index (κ2) is 5.14. The monoisotopic (exact) mass is 250 g/mol. The van der Waals surface area contributed by atoms with Crippen LogP contribution in [0.25, 0.3) is 0 Å². The van der Waals surface area contributed by atoms with Crippen molar-refractivity contribution in [2.24, 2.45) is 0 Å². The summed E-state index contributed by atoms with van der Waals surface area (Å²) >= 11 is 0. The lowest BCUT2D eigenvalue weighted by atomic mass is 9.94. The van der Waals surface area contributed by atoms with Crippen LogP contribution in [-0.2, 0) is 0 Å². The standard InChI is InChI=1S/C12H21F3N2/c13-12(14,15)6-3-8-17-9-7-16-11(10-17)4-1-2-5-11/h16H,1-10H2. The van der Waals surface area contributed by atoms with Gasteiger partial charge in [-0.05, 0) is 25.8 Å². The topological polar surface area (TPSA) is 15.3 Å². The van der Waals surface area contributed by atoms with Gasteiger partial charge in [0.1, 0.15) is 0 Å². The van der Waals surface area contributed by atoms with Gasteiger partial charge in [-0.15, -0.1) is 0 Å². The Morgan fingerprint density at radius 1 is 1.18 bits per heavy atom. The Morgan fingerprint density at radius 2 is 1.88 bits per heavy atom. The lowest BCUT2D eigenvalue weighted by Crippen LogP contribution is -2.59. The van der Waals surface area contributed by atoms with E-state index in [2.05, 4.69) is 10.2 Å². The third-order valence-electron chi connectivity index (χ3n) is 3.95. The van der Waals surface area contributed by atoms with Gasteiger partial charge in [0, 0.05) is 31.6 Å². The second-order valence-electron chi connectivity index (χ2n) is 5.41. The Hall–Kier alpha value is -0.290. The molecule has 1 saturated carbocycles. The molecule has 17 heavy (non-hydrogen) atoms. The highest BCUT2D eigenvalue weighted by Crippen LogP contribution is 2.32. The van der Waals surface area contributed by atoms with E-state index in [1.54, 1.807) is 0 Å². The van der Waals surface area contributed by atoms with Crippen molar-refractivity contribution in [2.75, 3.05) is 26.2 Å². The first kappa shape index (κ1) is 13.1. The molecule has 0 aromatic rings. The molecule has 0 unspecified atom stereocenters. The Kier molecular flexibility index (Phi) is 3.98. The molecular formula is C12H21F3N2. The maximum Gasteiger partial charge on any atom is 0.389 e. The largest absolute Gasteiger partial charge is 0.389 e. The van der Waals surface area contributed by atoms with Crippen molar-refractivity contribution in [3.8, 4) is 0 Å². The smallest absolute Gasteiger partial charge is 0.309 e. The number of halogens is 3. The molecule has 1 aliphatic heterocycles. The van der Waals surface area contributed by atoms with Gasteiger partial charge in [-0.25, -0.2) is 0 Å². The zero-order valence-electron chi connectivity index (χ0n) is 10.2. The van der Waals surface area contributed by atoms with Crippen LogP contribution in [0.2, 0.25) is 0 Å². The molecule has 1 spiro atoms. The molecule has 0 aromatic heterocycles. The van der Waals surface area contributed by atoms with E-state index >= 15 is 0 Å².